The summed E-state index contributed by atoms with van der Waals surface area (Å²) in [4.78, 5) is 2.33. The summed E-state index contributed by atoms with van der Waals surface area (Å²) in [6.45, 7) is 1.52. The number of nitrogens with two attached hydrogens (primary N) is 1. The first-order valence-corrected chi connectivity index (χ1v) is 6.51. The van der Waals surface area contributed by atoms with Gasteiger partial charge in [0, 0.05) is 29.5 Å². The molecule has 0 unspecified atom stereocenters. The Morgan fingerprint density at radius 3 is 2.78 bits per heavy atom. The Bertz CT molecular complexity index is 580. The standard InChI is InChI=1S/C15H15ClN2/c16-13-5-6-15(12(9-13)10-17)18-8-7-11-3-1-2-4-14(11)18/h1-6,9H,7-8,10,17H2. The Morgan fingerprint density at radius 2 is 1.94 bits per heavy atom. The molecule has 0 fully saturated rings. The molecule has 92 valence electrons. The fourth-order valence-corrected chi connectivity index (χ4v) is 2.76. The molecule has 0 aromatic heterocycles. The number of benzene rings is 2. The van der Waals surface area contributed by atoms with Gasteiger partial charge in [0.1, 0.15) is 0 Å². The molecule has 1 aliphatic heterocycles. The number of fused-ring (bicyclic) bond motifs is 1. The minimum absolute atomic E-state index is 0.508. The molecule has 0 bridgehead atoms. The summed E-state index contributed by atoms with van der Waals surface area (Å²) in [5, 5.41) is 0.742. The Kier molecular flexibility index (Phi) is 2.98. The van der Waals surface area contributed by atoms with E-state index in [1.807, 2.05) is 12.1 Å². The zero-order valence-electron chi connectivity index (χ0n) is 10.1. The highest BCUT2D eigenvalue weighted by Crippen LogP contribution is 2.36. The normalized spacial score (nSPS) is 13.8. The first-order valence-electron chi connectivity index (χ1n) is 6.13. The molecule has 0 aliphatic carbocycles. The van der Waals surface area contributed by atoms with Crippen LogP contribution < -0.4 is 10.6 Å². The first-order chi connectivity index (χ1) is 8.79. The fraction of sp³-hybridized carbons (Fsp3) is 0.200. The lowest BCUT2D eigenvalue weighted by molar-refractivity contribution is 0.972. The third kappa shape index (κ3) is 1.88. The van der Waals surface area contributed by atoms with E-state index in [9.17, 15) is 0 Å². The predicted octanol–water partition coefficient (Wildman–Crippen LogP) is 3.49. The number of halogens is 1. The van der Waals surface area contributed by atoms with E-state index in [2.05, 4.69) is 35.2 Å². The smallest absolute Gasteiger partial charge is 0.0457 e. The highest BCUT2D eigenvalue weighted by atomic mass is 35.5. The molecular weight excluding hydrogens is 244 g/mol. The maximum absolute atomic E-state index is 6.03. The lowest BCUT2D eigenvalue weighted by atomic mass is 10.1. The second-order valence-corrected chi connectivity index (χ2v) is 4.94. The van der Waals surface area contributed by atoms with Crippen molar-refractivity contribution in [1.29, 1.82) is 0 Å². The highest BCUT2D eigenvalue weighted by Gasteiger charge is 2.21. The van der Waals surface area contributed by atoms with Crippen molar-refractivity contribution in [1.82, 2.24) is 0 Å². The van der Waals surface area contributed by atoms with Crippen LogP contribution in [0.5, 0.6) is 0 Å². The third-order valence-corrected chi connectivity index (χ3v) is 3.67. The van der Waals surface area contributed by atoms with E-state index in [0.717, 1.165) is 23.6 Å². The van der Waals surface area contributed by atoms with Gasteiger partial charge in [-0.3, -0.25) is 0 Å². The van der Waals surface area contributed by atoms with Gasteiger partial charge >= 0.3 is 0 Å². The topological polar surface area (TPSA) is 29.3 Å². The number of anilines is 2. The van der Waals surface area contributed by atoms with Crippen LogP contribution in [0, 0.1) is 0 Å². The molecule has 3 rings (SSSR count). The van der Waals surface area contributed by atoms with Crippen molar-refractivity contribution in [3.63, 3.8) is 0 Å². The van der Waals surface area contributed by atoms with Gasteiger partial charge in [0.25, 0.3) is 0 Å². The van der Waals surface area contributed by atoms with Crippen LogP contribution in [0.4, 0.5) is 11.4 Å². The Labute approximate surface area is 112 Å². The zero-order valence-corrected chi connectivity index (χ0v) is 10.8. The lowest BCUT2D eigenvalue weighted by Gasteiger charge is -2.22. The van der Waals surface area contributed by atoms with Gasteiger partial charge in [0.2, 0.25) is 0 Å². The second-order valence-electron chi connectivity index (χ2n) is 4.51. The quantitative estimate of drug-likeness (QED) is 0.893. The van der Waals surface area contributed by atoms with Crippen LogP contribution in [0.2, 0.25) is 5.02 Å². The van der Waals surface area contributed by atoms with Crippen LogP contribution >= 0.6 is 11.6 Å². The molecule has 0 amide bonds. The number of hydrogen-bond acceptors (Lipinski definition) is 2. The summed E-state index contributed by atoms with van der Waals surface area (Å²) in [5.74, 6) is 0. The van der Waals surface area contributed by atoms with Crippen LogP contribution in [0.1, 0.15) is 11.1 Å². The lowest BCUT2D eigenvalue weighted by Crippen LogP contribution is -2.16. The fourth-order valence-electron chi connectivity index (χ4n) is 2.57. The molecule has 0 saturated heterocycles. The molecule has 2 nitrogen and oxygen atoms in total. The molecule has 0 spiro atoms. The summed E-state index contributed by atoms with van der Waals surface area (Å²) in [5.41, 5.74) is 10.8. The van der Waals surface area contributed by atoms with Gasteiger partial charge in [-0.1, -0.05) is 29.8 Å². The number of rotatable bonds is 2. The summed E-state index contributed by atoms with van der Waals surface area (Å²) in [7, 11) is 0. The molecule has 2 aromatic carbocycles. The molecule has 0 saturated carbocycles. The molecule has 18 heavy (non-hydrogen) atoms. The van der Waals surface area contributed by atoms with Gasteiger partial charge in [-0.05, 0) is 41.8 Å². The van der Waals surface area contributed by atoms with Crippen LogP contribution in [-0.4, -0.2) is 6.54 Å². The summed E-state index contributed by atoms with van der Waals surface area (Å²) in [6.07, 6.45) is 1.09. The number of nitrogens with zero attached hydrogens (tertiary/aromatic N) is 1. The van der Waals surface area contributed by atoms with Crippen LogP contribution in [0.3, 0.4) is 0 Å². The van der Waals surface area contributed by atoms with E-state index < -0.39 is 0 Å². The van der Waals surface area contributed by atoms with Crippen molar-refractivity contribution in [3.8, 4) is 0 Å². The summed E-state index contributed by atoms with van der Waals surface area (Å²) < 4.78 is 0. The van der Waals surface area contributed by atoms with Crippen molar-refractivity contribution >= 4 is 23.0 Å². The minimum atomic E-state index is 0.508. The van der Waals surface area contributed by atoms with Gasteiger partial charge in [-0.2, -0.15) is 0 Å². The van der Waals surface area contributed by atoms with Gasteiger partial charge in [0.05, 0.1) is 0 Å². The van der Waals surface area contributed by atoms with Crippen LogP contribution in [-0.2, 0) is 13.0 Å². The highest BCUT2D eigenvalue weighted by molar-refractivity contribution is 6.30. The van der Waals surface area contributed by atoms with Crippen LogP contribution in [0.25, 0.3) is 0 Å². The third-order valence-electron chi connectivity index (χ3n) is 3.44. The number of hydrogen-bond donors (Lipinski definition) is 1. The SMILES string of the molecule is NCc1cc(Cl)ccc1N1CCc2ccccc21. The summed E-state index contributed by atoms with van der Waals surface area (Å²) in [6, 6.07) is 14.5. The summed E-state index contributed by atoms with van der Waals surface area (Å²) >= 11 is 6.03. The van der Waals surface area contributed by atoms with E-state index in [4.69, 9.17) is 17.3 Å². The van der Waals surface area contributed by atoms with Gasteiger partial charge in [-0.15, -0.1) is 0 Å². The molecule has 1 heterocycles. The van der Waals surface area contributed by atoms with Crippen molar-refractivity contribution in [2.75, 3.05) is 11.4 Å². The Morgan fingerprint density at radius 1 is 1.11 bits per heavy atom. The maximum atomic E-state index is 6.03. The van der Waals surface area contributed by atoms with Gasteiger partial charge in [-0.25, -0.2) is 0 Å². The zero-order chi connectivity index (χ0) is 12.5. The van der Waals surface area contributed by atoms with Crippen molar-refractivity contribution in [2.24, 2.45) is 5.73 Å². The van der Waals surface area contributed by atoms with E-state index in [1.54, 1.807) is 0 Å². The van der Waals surface area contributed by atoms with E-state index >= 15 is 0 Å². The largest absolute Gasteiger partial charge is 0.341 e. The minimum Gasteiger partial charge on any atom is -0.341 e. The van der Waals surface area contributed by atoms with Gasteiger partial charge in [0.15, 0.2) is 0 Å². The monoisotopic (exact) mass is 258 g/mol. The van der Waals surface area contributed by atoms with Crippen molar-refractivity contribution in [2.45, 2.75) is 13.0 Å². The Hall–Kier alpha value is -1.51. The molecule has 3 heteroatoms. The molecule has 0 radical (unpaired) electrons. The van der Waals surface area contributed by atoms with Crippen molar-refractivity contribution in [3.05, 3.63) is 58.6 Å². The van der Waals surface area contributed by atoms with Crippen molar-refractivity contribution < 1.29 is 0 Å². The van der Waals surface area contributed by atoms with Gasteiger partial charge < -0.3 is 10.6 Å². The number of para-hydroxylation sites is 1. The molecule has 1 aliphatic rings. The molecule has 0 atom stereocenters. The van der Waals surface area contributed by atoms with E-state index in [0.29, 0.717) is 6.54 Å². The molecule has 2 N–H and O–H groups in total. The molecule has 2 aromatic rings. The average Bonchev–Trinajstić information content (AvgIpc) is 2.82. The second kappa shape index (κ2) is 4.63. The van der Waals surface area contributed by atoms with E-state index in [1.165, 1.54) is 16.9 Å². The maximum Gasteiger partial charge on any atom is 0.0457 e. The van der Waals surface area contributed by atoms with Crippen LogP contribution in [0.15, 0.2) is 42.5 Å². The average molecular weight is 259 g/mol. The van der Waals surface area contributed by atoms with E-state index in [-0.39, 0.29) is 0 Å². The Balaban J connectivity index is 2.07. The first kappa shape index (κ1) is 11.6. The molecular formula is C15H15ClN2. The predicted molar refractivity (Wildman–Crippen MR) is 76.5 cm³/mol.